The van der Waals surface area contributed by atoms with Crippen molar-refractivity contribution in [3.8, 4) is 0 Å². The molecule has 0 aliphatic carbocycles. The number of nitrogens with one attached hydrogen (secondary N) is 1. The van der Waals surface area contributed by atoms with Gasteiger partial charge in [-0.05, 0) is 48.9 Å². The number of amides is 2. The Bertz CT molecular complexity index is 940. The third kappa shape index (κ3) is 4.79. The van der Waals surface area contributed by atoms with Crippen LogP contribution in [0.1, 0.15) is 45.0 Å². The fraction of sp³-hybridized carbons (Fsp3) is 0.381. The zero-order chi connectivity index (χ0) is 21.7. The average molecular weight is 449 g/mol. The highest BCUT2D eigenvalue weighted by molar-refractivity contribution is 7.99. The summed E-state index contributed by atoms with van der Waals surface area (Å²) in [5.41, 5.74) is 1.71. The van der Waals surface area contributed by atoms with Crippen molar-refractivity contribution in [2.24, 2.45) is 0 Å². The van der Waals surface area contributed by atoms with E-state index < -0.39 is 12.1 Å². The molecule has 2 heterocycles. The van der Waals surface area contributed by atoms with Crippen LogP contribution in [0, 0.1) is 0 Å². The van der Waals surface area contributed by atoms with Gasteiger partial charge in [-0.1, -0.05) is 6.92 Å². The van der Waals surface area contributed by atoms with Crippen LogP contribution in [0.25, 0.3) is 0 Å². The van der Waals surface area contributed by atoms with Crippen LogP contribution in [0.5, 0.6) is 0 Å². The quantitative estimate of drug-likeness (QED) is 0.520. The van der Waals surface area contributed by atoms with Gasteiger partial charge in [0.25, 0.3) is 5.91 Å². The van der Waals surface area contributed by atoms with Gasteiger partial charge >= 0.3 is 12.1 Å². The number of thiophene rings is 1. The van der Waals surface area contributed by atoms with E-state index in [4.69, 9.17) is 9.47 Å². The lowest BCUT2D eigenvalue weighted by Crippen LogP contribution is -2.35. The molecule has 0 radical (unpaired) electrons. The van der Waals surface area contributed by atoms with E-state index in [0.717, 1.165) is 21.1 Å². The lowest BCUT2D eigenvalue weighted by atomic mass is 10.0. The molecule has 2 amide bonds. The van der Waals surface area contributed by atoms with Crippen molar-refractivity contribution >= 4 is 46.1 Å². The Labute approximate surface area is 183 Å². The minimum Gasteiger partial charge on any atom is -0.462 e. The zero-order valence-corrected chi connectivity index (χ0v) is 18.8. The second-order valence-electron chi connectivity index (χ2n) is 6.48. The summed E-state index contributed by atoms with van der Waals surface area (Å²) in [5.74, 6) is 0.196. The summed E-state index contributed by atoms with van der Waals surface area (Å²) >= 11 is 3.00. The molecule has 0 saturated heterocycles. The molecule has 0 atom stereocenters. The number of benzene rings is 1. The number of methoxy groups -OCH3 is 1. The first-order valence-electron chi connectivity index (χ1n) is 9.67. The predicted octanol–water partition coefficient (Wildman–Crippen LogP) is 4.41. The van der Waals surface area contributed by atoms with E-state index in [1.807, 2.05) is 12.1 Å². The van der Waals surface area contributed by atoms with E-state index in [1.54, 1.807) is 35.7 Å². The molecule has 9 heteroatoms. The molecule has 1 aromatic carbocycles. The Morgan fingerprint density at radius 1 is 1.20 bits per heavy atom. The van der Waals surface area contributed by atoms with Gasteiger partial charge in [0, 0.05) is 21.9 Å². The molecule has 0 unspecified atom stereocenters. The van der Waals surface area contributed by atoms with Crippen molar-refractivity contribution in [3.63, 3.8) is 0 Å². The molecule has 1 aliphatic rings. The molecular weight excluding hydrogens is 424 g/mol. The Morgan fingerprint density at radius 2 is 1.93 bits per heavy atom. The topological polar surface area (TPSA) is 84.9 Å². The van der Waals surface area contributed by atoms with Crippen molar-refractivity contribution in [3.05, 3.63) is 45.8 Å². The van der Waals surface area contributed by atoms with Crippen molar-refractivity contribution in [1.82, 2.24) is 4.90 Å². The van der Waals surface area contributed by atoms with Crippen LogP contribution in [0.15, 0.2) is 29.2 Å². The highest BCUT2D eigenvalue weighted by Crippen LogP contribution is 2.38. The smallest absolute Gasteiger partial charge is 0.409 e. The first-order chi connectivity index (χ1) is 14.5. The minimum atomic E-state index is -0.466. The van der Waals surface area contributed by atoms with Crippen LogP contribution in [-0.2, 0) is 22.4 Å². The van der Waals surface area contributed by atoms with Crippen LogP contribution in [0.2, 0.25) is 0 Å². The molecule has 1 aliphatic heterocycles. The van der Waals surface area contributed by atoms with Crippen LogP contribution in [-0.4, -0.2) is 48.9 Å². The van der Waals surface area contributed by atoms with E-state index in [-0.39, 0.29) is 12.5 Å². The second-order valence-corrected chi connectivity index (χ2v) is 8.92. The van der Waals surface area contributed by atoms with Gasteiger partial charge in [0.05, 0.1) is 25.8 Å². The molecule has 3 rings (SSSR count). The van der Waals surface area contributed by atoms with E-state index >= 15 is 0 Å². The highest BCUT2D eigenvalue weighted by Gasteiger charge is 2.31. The Kier molecular flexibility index (Phi) is 7.38. The highest BCUT2D eigenvalue weighted by atomic mass is 32.2. The number of nitrogens with zero attached hydrogens (tertiary/aromatic N) is 1. The second kappa shape index (κ2) is 9.99. The summed E-state index contributed by atoms with van der Waals surface area (Å²) in [6, 6.07) is 7.35. The largest absolute Gasteiger partial charge is 0.462 e. The lowest BCUT2D eigenvalue weighted by Gasteiger charge is -2.25. The first-order valence-corrected chi connectivity index (χ1v) is 11.5. The number of hydrogen-bond acceptors (Lipinski definition) is 7. The lowest BCUT2D eigenvalue weighted by molar-refractivity contribution is 0.0526. The van der Waals surface area contributed by atoms with Crippen LogP contribution < -0.4 is 5.32 Å². The average Bonchev–Trinajstić information content (AvgIpc) is 3.11. The van der Waals surface area contributed by atoms with E-state index in [1.165, 1.54) is 18.4 Å². The van der Waals surface area contributed by atoms with Gasteiger partial charge in [-0.3, -0.25) is 4.79 Å². The zero-order valence-electron chi connectivity index (χ0n) is 17.1. The summed E-state index contributed by atoms with van der Waals surface area (Å²) in [6.45, 7) is 4.82. The van der Waals surface area contributed by atoms with Gasteiger partial charge in [0.2, 0.25) is 0 Å². The summed E-state index contributed by atoms with van der Waals surface area (Å²) in [4.78, 5) is 40.8. The summed E-state index contributed by atoms with van der Waals surface area (Å²) < 4.78 is 10.0. The molecule has 2 aromatic rings. The third-order valence-corrected chi connectivity index (χ3v) is 6.65. The molecule has 0 saturated carbocycles. The number of fused-ring (bicyclic) bond motifs is 1. The third-order valence-electron chi connectivity index (χ3n) is 4.62. The summed E-state index contributed by atoms with van der Waals surface area (Å²) in [5, 5.41) is 3.32. The molecular formula is C21H24N2O5S2. The number of thioether (sulfide) groups is 1. The Balaban J connectivity index is 1.87. The SMILES string of the molecule is CCOC(=O)c1c(NC(=O)c2ccc(SCC)cc2)sc2c1CCN(C(=O)OC)C2. The van der Waals surface area contributed by atoms with Crippen LogP contribution in [0.4, 0.5) is 9.80 Å². The summed E-state index contributed by atoms with van der Waals surface area (Å²) in [7, 11) is 1.34. The van der Waals surface area contributed by atoms with Crippen molar-refractivity contribution in [2.75, 3.05) is 31.3 Å². The molecule has 0 bridgehead atoms. The standard InChI is InChI=1S/C21H24N2O5S2/c1-4-28-20(25)17-15-10-11-23(21(26)27-3)12-16(15)30-19(17)22-18(24)13-6-8-14(9-7-13)29-5-2/h6-9H,4-5,10-12H2,1-3H3,(H,22,24). The summed E-state index contributed by atoms with van der Waals surface area (Å²) in [6.07, 6.45) is 0.0795. The van der Waals surface area contributed by atoms with Gasteiger partial charge in [0.1, 0.15) is 5.00 Å². The molecule has 160 valence electrons. The molecule has 1 aromatic heterocycles. The first kappa shape index (κ1) is 22.2. The molecule has 0 fully saturated rings. The molecule has 1 N–H and O–H groups in total. The van der Waals surface area contributed by atoms with Gasteiger partial charge in [-0.2, -0.15) is 0 Å². The fourth-order valence-corrected chi connectivity index (χ4v) is 5.15. The molecule has 0 spiro atoms. The minimum absolute atomic E-state index is 0.238. The van der Waals surface area contributed by atoms with Gasteiger partial charge in [-0.25, -0.2) is 9.59 Å². The van der Waals surface area contributed by atoms with Crippen LogP contribution >= 0.6 is 23.1 Å². The van der Waals surface area contributed by atoms with Crippen molar-refractivity contribution in [1.29, 1.82) is 0 Å². The normalized spacial score (nSPS) is 12.8. The number of esters is 1. The van der Waals surface area contributed by atoms with Crippen molar-refractivity contribution < 1.29 is 23.9 Å². The predicted molar refractivity (Wildman–Crippen MR) is 118 cm³/mol. The number of carbonyl (C=O) groups is 3. The molecule has 30 heavy (non-hydrogen) atoms. The maximum atomic E-state index is 12.8. The van der Waals surface area contributed by atoms with Crippen molar-refractivity contribution in [2.45, 2.75) is 31.7 Å². The maximum absolute atomic E-state index is 12.8. The number of hydrogen-bond donors (Lipinski definition) is 1. The van der Waals surface area contributed by atoms with Gasteiger partial charge < -0.3 is 19.7 Å². The van der Waals surface area contributed by atoms with E-state index in [2.05, 4.69) is 12.2 Å². The number of rotatable bonds is 6. The van der Waals surface area contributed by atoms with E-state index in [9.17, 15) is 14.4 Å². The molecule has 7 nitrogen and oxygen atoms in total. The van der Waals surface area contributed by atoms with E-state index in [0.29, 0.717) is 35.6 Å². The van der Waals surface area contributed by atoms with Gasteiger partial charge in [-0.15, -0.1) is 23.1 Å². The maximum Gasteiger partial charge on any atom is 0.409 e. The number of ether oxygens (including phenoxy) is 2. The van der Waals surface area contributed by atoms with Gasteiger partial charge in [0.15, 0.2) is 0 Å². The fourth-order valence-electron chi connectivity index (χ4n) is 3.24. The monoisotopic (exact) mass is 448 g/mol. The Hall–Kier alpha value is -2.52. The number of anilines is 1. The Morgan fingerprint density at radius 3 is 2.57 bits per heavy atom. The van der Waals surface area contributed by atoms with Crippen LogP contribution in [0.3, 0.4) is 0 Å². The number of carbonyl (C=O) groups excluding carboxylic acids is 3.